The Balaban J connectivity index is -0.00000147. The van der Waals surface area contributed by atoms with Gasteiger partial charge in [0, 0.05) is 44.1 Å². The van der Waals surface area contributed by atoms with Crippen molar-refractivity contribution in [2.75, 3.05) is 164 Å². The fourth-order valence-electron chi connectivity index (χ4n) is 6.03. The van der Waals surface area contributed by atoms with Crippen LogP contribution in [0.3, 0.4) is 0 Å². The van der Waals surface area contributed by atoms with Gasteiger partial charge in [0.2, 0.25) is 11.8 Å². The number of imide groups is 1. The Hall–Kier alpha value is -6.23. The van der Waals surface area contributed by atoms with Crippen LogP contribution in [-0.4, -0.2) is 230 Å². The van der Waals surface area contributed by atoms with Gasteiger partial charge in [-0.15, -0.1) is 12.8 Å². The molecule has 1 unspecified atom stereocenters. The van der Waals surface area contributed by atoms with Crippen LogP contribution in [0.25, 0.3) is 0 Å². The number of carboxylic acids is 1. The maximum absolute atomic E-state index is 11.9. The third-order valence-corrected chi connectivity index (χ3v) is 10.1. The Morgan fingerprint density at radius 1 is 0.711 bits per heavy atom. The molecular weight excluding hydrogens is 1090 g/mol. The minimum absolute atomic E-state index is 0.00650. The number of urea groups is 1. The molecule has 1 aliphatic heterocycles. The highest BCUT2D eigenvalue weighted by molar-refractivity contribution is 6.12. The van der Waals surface area contributed by atoms with E-state index in [9.17, 15) is 33.6 Å². The number of nitrogens with zero attached hydrogens (tertiary/aromatic N) is 2. The number of terminal acetylenes is 1. The molecule has 1 aromatic rings. The molecule has 0 bridgehead atoms. The summed E-state index contributed by atoms with van der Waals surface area (Å²) in [6, 6.07) is 4.80. The van der Waals surface area contributed by atoms with Crippen molar-refractivity contribution in [3.8, 4) is 12.8 Å². The number of aliphatic carboxylic acids is 1. The SMILES string of the molecule is C#C.CC.CC(C)C(NC(=O)CCOCCN1C(=O)C=CC1=O)C(=O)NCC=O.CCCNC(N)=O.[B]Cc1ccc(NC)cc1COC/C(N)=C/N(N)CCOCCOCCOCCOCCOCCOCCOCCOCCC(=O)O. The van der Waals surface area contributed by atoms with Crippen LogP contribution in [-0.2, 0) is 89.1 Å². The van der Waals surface area contributed by atoms with Crippen molar-refractivity contribution in [1.82, 2.24) is 25.9 Å². The summed E-state index contributed by atoms with van der Waals surface area (Å²) in [5, 5.41) is 20.5. The second-order valence-corrected chi connectivity index (χ2v) is 16.9. The van der Waals surface area contributed by atoms with Crippen LogP contribution in [0.2, 0.25) is 0 Å². The number of carbonyl (C=O) groups is 7. The number of ether oxygens (including phenoxy) is 10. The summed E-state index contributed by atoms with van der Waals surface area (Å²) in [6.45, 7) is 18.5. The zero-order valence-corrected chi connectivity index (χ0v) is 49.7. The van der Waals surface area contributed by atoms with Crippen molar-refractivity contribution >= 4 is 55.4 Å². The summed E-state index contributed by atoms with van der Waals surface area (Å²) in [7, 11) is 7.68. The van der Waals surface area contributed by atoms with Gasteiger partial charge in [0.15, 0.2) is 0 Å². The molecule has 6 amide bonds. The number of hydrogen-bond acceptors (Lipinski definition) is 21. The summed E-state index contributed by atoms with van der Waals surface area (Å²) < 4.78 is 54.2. The largest absolute Gasteiger partial charge is 0.481 e. The highest BCUT2D eigenvalue weighted by Crippen LogP contribution is 2.17. The van der Waals surface area contributed by atoms with E-state index in [2.05, 4.69) is 34.1 Å². The van der Waals surface area contributed by atoms with E-state index in [0.29, 0.717) is 137 Å². The van der Waals surface area contributed by atoms with Gasteiger partial charge >= 0.3 is 12.0 Å². The Labute approximate surface area is 492 Å². The average molecular weight is 1180 g/mol. The lowest BCUT2D eigenvalue weighted by Crippen LogP contribution is -2.50. The average Bonchev–Trinajstić information content (AvgIpc) is 3.85. The third-order valence-electron chi connectivity index (χ3n) is 10.1. The maximum atomic E-state index is 11.9. The fourth-order valence-corrected chi connectivity index (χ4v) is 6.03. The molecule has 472 valence electrons. The van der Waals surface area contributed by atoms with Gasteiger partial charge in [-0.25, -0.2) is 10.6 Å². The number of aldehydes is 1. The molecule has 0 spiro atoms. The predicted molar refractivity (Wildman–Crippen MR) is 313 cm³/mol. The predicted octanol–water partition coefficient (Wildman–Crippen LogP) is 0.611. The molecule has 0 fully saturated rings. The second-order valence-electron chi connectivity index (χ2n) is 16.9. The number of nitrogens with one attached hydrogen (secondary N) is 4. The molecule has 0 aromatic heterocycles. The van der Waals surface area contributed by atoms with Crippen LogP contribution < -0.4 is 38.6 Å². The molecule has 2 rings (SSSR count). The standard InChI is InChI=1S/C31H55BN4O11.C16H23N3O6.C4H10N2O.C2H6.C2H2/c1-35-30-3-2-27(23-32)28(22-30)25-47-26-29(33)24-36(34)5-7-40-9-11-42-13-15-44-17-19-46-21-20-45-18-16-43-14-12-41-10-8-39-6-4-31(37)38;1-11(2)15(16(24)17-6-8-20)18-12(21)5-9-25-10-7-19-13(22)3-4-14(19)23;1-2-3-6-4(5)7;2*1-2/h2-3,22,24,35H,4-21,23,25-26,33-34H2,1H3,(H,37,38);3-4,8,11,15H,5-7,9-10H2,1-2H3,(H,17,24)(H,18,21);2-3H2,1H3,(H3,5,6,7);1-2H3;1-2H/b29-24-;;;;. The molecule has 27 nitrogen and oxygen atoms in total. The van der Waals surface area contributed by atoms with E-state index < -0.39 is 23.9 Å². The summed E-state index contributed by atoms with van der Waals surface area (Å²) in [6.07, 6.45) is 14.0. The smallest absolute Gasteiger partial charge is 0.312 e. The lowest BCUT2D eigenvalue weighted by molar-refractivity contribution is -0.139. The number of carboxylic acid groups (broad SMARTS) is 1. The van der Waals surface area contributed by atoms with Crippen molar-refractivity contribution in [1.29, 1.82) is 0 Å². The minimum atomic E-state index is -0.878. The van der Waals surface area contributed by atoms with E-state index in [4.69, 9.17) is 77.6 Å². The summed E-state index contributed by atoms with van der Waals surface area (Å²) in [5.74, 6) is 3.40. The highest BCUT2D eigenvalue weighted by Gasteiger charge is 2.24. The van der Waals surface area contributed by atoms with Crippen LogP contribution in [0.15, 0.2) is 42.2 Å². The van der Waals surface area contributed by atoms with Gasteiger partial charge in [0.1, 0.15) is 12.3 Å². The van der Waals surface area contributed by atoms with E-state index in [-0.39, 0.29) is 76.0 Å². The molecule has 1 atom stereocenters. The van der Waals surface area contributed by atoms with E-state index in [0.717, 1.165) is 28.1 Å². The third kappa shape index (κ3) is 50.1. The maximum Gasteiger partial charge on any atom is 0.312 e. The Kier molecular flexibility index (Phi) is 57.5. The summed E-state index contributed by atoms with van der Waals surface area (Å²) in [4.78, 5) is 78.0. The number of amides is 6. The van der Waals surface area contributed by atoms with Gasteiger partial charge in [-0.3, -0.25) is 28.9 Å². The first-order valence-corrected chi connectivity index (χ1v) is 27.5. The lowest BCUT2D eigenvalue weighted by atomic mass is 9.93. The van der Waals surface area contributed by atoms with Crippen molar-refractivity contribution in [2.24, 2.45) is 23.2 Å². The van der Waals surface area contributed by atoms with Crippen molar-refractivity contribution in [3.63, 3.8) is 0 Å². The Bertz CT molecular complexity index is 1920. The quantitative estimate of drug-likeness (QED) is 0.00843. The van der Waals surface area contributed by atoms with Crippen LogP contribution in [0.4, 0.5) is 10.5 Å². The lowest BCUT2D eigenvalue weighted by Gasteiger charge is -2.21. The van der Waals surface area contributed by atoms with Crippen LogP contribution >= 0.6 is 0 Å². The highest BCUT2D eigenvalue weighted by atomic mass is 16.6. The van der Waals surface area contributed by atoms with Crippen LogP contribution in [0.5, 0.6) is 0 Å². The zero-order valence-electron chi connectivity index (χ0n) is 49.7. The topological polar surface area (TPSA) is 365 Å². The number of benzene rings is 1. The molecule has 11 N–H and O–H groups in total. The first kappa shape index (κ1) is 81.0. The molecule has 1 aromatic carbocycles. The number of carbonyl (C=O) groups excluding carboxylic acids is 6. The van der Waals surface area contributed by atoms with Crippen LogP contribution in [0.1, 0.15) is 65.0 Å². The van der Waals surface area contributed by atoms with Gasteiger partial charge < -0.3 is 95.0 Å². The number of rotatable bonds is 47. The molecule has 0 saturated heterocycles. The molecule has 1 heterocycles. The number of nitrogens with two attached hydrogens (primary N) is 3. The Morgan fingerprint density at radius 2 is 1.18 bits per heavy atom. The van der Waals surface area contributed by atoms with Gasteiger partial charge in [-0.1, -0.05) is 52.6 Å². The zero-order chi connectivity index (χ0) is 62.7. The van der Waals surface area contributed by atoms with E-state index in [1.54, 1.807) is 20.0 Å². The fraction of sp³-hybridized carbons (Fsp3) is 0.655. The summed E-state index contributed by atoms with van der Waals surface area (Å²) >= 11 is 0. The minimum Gasteiger partial charge on any atom is -0.481 e. The number of anilines is 1. The second kappa shape index (κ2) is 59.0. The molecule has 2 radical (unpaired) electrons. The number of primary amides is 1. The van der Waals surface area contributed by atoms with Gasteiger partial charge in [0.25, 0.3) is 11.8 Å². The van der Waals surface area contributed by atoms with Gasteiger partial charge in [-0.2, -0.15) is 0 Å². The van der Waals surface area contributed by atoms with E-state index >= 15 is 0 Å². The Morgan fingerprint density at radius 3 is 1.60 bits per heavy atom. The number of hydrazine groups is 1. The van der Waals surface area contributed by atoms with Crippen molar-refractivity contribution in [2.45, 2.75) is 72.9 Å². The summed E-state index contributed by atoms with van der Waals surface area (Å²) in [5.41, 5.74) is 14.3. The molecule has 83 heavy (non-hydrogen) atoms. The van der Waals surface area contributed by atoms with Gasteiger partial charge in [0.05, 0.1) is 172 Å². The van der Waals surface area contributed by atoms with E-state index in [1.165, 1.54) is 17.2 Å². The molecular formula is C55H96BN9O18. The normalized spacial score (nSPS) is 11.8. The first-order chi connectivity index (χ1) is 40.1. The van der Waals surface area contributed by atoms with Crippen LogP contribution in [0, 0.1) is 18.8 Å². The van der Waals surface area contributed by atoms with E-state index in [1.807, 2.05) is 46.0 Å². The van der Waals surface area contributed by atoms with Crippen molar-refractivity contribution in [3.05, 3.63) is 53.4 Å². The molecule has 0 aliphatic carbocycles. The first-order valence-electron chi connectivity index (χ1n) is 27.5. The van der Waals surface area contributed by atoms with Gasteiger partial charge in [-0.05, 0) is 30.0 Å². The molecule has 1 aliphatic rings. The molecule has 0 saturated carbocycles. The molecule has 28 heteroatoms. The number of hydrogen-bond donors (Lipinski definition) is 8. The van der Waals surface area contributed by atoms with Crippen molar-refractivity contribution < 1.29 is 86.0 Å². The monoisotopic (exact) mass is 1180 g/mol.